The second kappa shape index (κ2) is 13.3. The summed E-state index contributed by atoms with van der Waals surface area (Å²) < 4.78 is 61.6. The van der Waals surface area contributed by atoms with E-state index in [0.717, 1.165) is 23.3 Å². The SMILES string of the molecule is COc1ccc(CCNC(=O)c2csc(CN(Cc3cccc(C(F)(F)F)c3)Cc3ccc4c(c3)OCO4)n2)cc1OC. The maximum absolute atomic E-state index is 13.4. The standard InChI is InChI=1S/C31H30F3N3O5S/c1-39-25-8-6-20(13-27(25)40-2)10-11-35-30(38)24-18-43-29(36-24)17-37(15-21-4-3-5-23(12-21)31(32,33)34)16-22-7-9-26-28(14-22)42-19-41-26/h3-9,12-14,18H,10-11,15-17,19H2,1-2H3,(H,35,38). The van der Waals surface area contributed by atoms with Gasteiger partial charge in [0.05, 0.1) is 26.3 Å². The second-order valence-corrected chi connectivity index (χ2v) is 10.8. The van der Waals surface area contributed by atoms with Gasteiger partial charge in [0.2, 0.25) is 6.79 Å². The minimum atomic E-state index is -4.44. The lowest BCUT2D eigenvalue weighted by Crippen LogP contribution is -2.26. The molecule has 2 heterocycles. The first-order valence-electron chi connectivity index (χ1n) is 13.4. The first-order valence-corrected chi connectivity index (χ1v) is 14.3. The fraction of sp³-hybridized carbons (Fsp3) is 0.290. The lowest BCUT2D eigenvalue weighted by molar-refractivity contribution is -0.137. The topological polar surface area (TPSA) is 82.2 Å². The van der Waals surface area contributed by atoms with Gasteiger partial charge >= 0.3 is 6.18 Å². The highest BCUT2D eigenvalue weighted by Crippen LogP contribution is 2.34. The molecule has 1 N–H and O–H groups in total. The Morgan fingerprint density at radius 1 is 0.930 bits per heavy atom. The number of halogens is 3. The number of aromatic nitrogens is 1. The van der Waals surface area contributed by atoms with Crippen molar-refractivity contribution in [3.8, 4) is 23.0 Å². The predicted octanol–water partition coefficient (Wildman–Crippen LogP) is 6.08. The summed E-state index contributed by atoms with van der Waals surface area (Å²) in [5.41, 5.74) is 1.98. The Balaban J connectivity index is 1.25. The molecule has 8 nitrogen and oxygen atoms in total. The van der Waals surface area contributed by atoms with Crippen molar-refractivity contribution in [1.82, 2.24) is 15.2 Å². The quantitative estimate of drug-likeness (QED) is 0.207. The first-order chi connectivity index (χ1) is 20.7. The average Bonchev–Trinajstić information content (AvgIpc) is 3.66. The molecule has 1 amide bonds. The van der Waals surface area contributed by atoms with Gasteiger partial charge in [0.15, 0.2) is 23.0 Å². The van der Waals surface area contributed by atoms with E-state index in [1.807, 2.05) is 41.3 Å². The Hall–Kier alpha value is -4.29. The van der Waals surface area contributed by atoms with E-state index >= 15 is 0 Å². The van der Waals surface area contributed by atoms with E-state index in [2.05, 4.69) is 10.3 Å². The highest BCUT2D eigenvalue weighted by Gasteiger charge is 2.30. The number of nitrogens with zero attached hydrogens (tertiary/aromatic N) is 2. The average molecular weight is 614 g/mol. The van der Waals surface area contributed by atoms with E-state index < -0.39 is 11.7 Å². The van der Waals surface area contributed by atoms with Gasteiger partial charge in [-0.15, -0.1) is 11.3 Å². The van der Waals surface area contributed by atoms with Crippen molar-refractivity contribution in [2.24, 2.45) is 0 Å². The van der Waals surface area contributed by atoms with Gasteiger partial charge in [0.25, 0.3) is 5.91 Å². The number of amides is 1. The van der Waals surface area contributed by atoms with Gasteiger partial charge in [0, 0.05) is 25.0 Å². The minimum Gasteiger partial charge on any atom is -0.493 e. The van der Waals surface area contributed by atoms with Crippen molar-refractivity contribution in [3.63, 3.8) is 0 Å². The lowest BCUT2D eigenvalue weighted by Gasteiger charge is -2.22. The first kappa shape index (κ1) is 30.2. The number of alkyl halides is 3. The maximum Gasteiger partial charge on any atom is 0.416 e. The van der Waals surface area contributed by atoms with E-state index in [1.165, 1.54) is 17.4 Å². The molecule has 1 aromatic heterocycles. The Kier molecular flexibility index (Phi) is 9.37. The number of methoxy groups -OCH3 is 2. The van der Waals surface area contributed by atoms with Crippen molar-refractivity contribution < 1.29 is 36.9 Å². The molecule has 5 rings (SSSR count). The minimum absolute atomic E-state index is 0.144. The van der Waals surface area contributed by atoms with Gasteiger partial charge in [-0.05, 0) is 53.4 Å². The molecule has 0 saturated carbocycles. The van der Waals surface area contributed by atoms with Crippen LogP contribution in [0.3, 0.4) is 0 Å². The summed E-state index contributed by atoms with van der Waals surface area (Å²) in [5, 5.41) is 5.24. The summed E-state index contributed by atoms with van der Waals surface area (Å²) in [6.07, 6.45) is -3.85. The lowest BCUT2D eigenvalue weighted by atomic mass is 10.1. The van der Waals surface area contributed by atoms with Crippen LogP contribution in [0.5, 0.6) is 23.0 Å². The number of nitrogens with one attached hydrogen (secondary N) is 1. The van der Waals surface area contributed by atoms with Crippen LogP contribution in [0.4, 0.5) is 13.2 Å². The fourth-order valence-electron chi connectivity index (χ4n) is 4.70. The van der Waals surface area contributed by atoms with Crippen LogP contribution in [0.1, 0.15) is 37.7 Å². The van der Waals surface area contributed by atoms with Crippen LogP contribution in [-0.2, 0) is 32.2 Å². The zero-order chi connectivity index (χ0) is 30.4. The zero-order valence-electron chi connectivity index (χ0n) is 23.6. The molecule has 1 aliphatic heterocycles. The molecule has 0 aliphatic carbocycles. The summed E-state index contributed by atoms with van der Waals surface area (Å²) in [4.78, 5) is 19.3. The van der Waals surface area contributed by atoms with Gasteiger partial charge in [-0.1, -0.05) is 30.3 Å². The summed E-state index contributed by atoms with van der Waals surface area (Å²) in [6.45, 7) is 1.52. The summed E-state index contributed by atoms with van der Waals surface area (Å²) in [5.74, 6) is 2.22. The Morgan fingerprint density at radius 2 is 1.67 bits per heavy atom. The Morgan fingerprint density at radius 3 is 2.44 bits per heavy atom. The molecule has 0 radical (unpaired) electrons. The van der Waals surface area contributed by atoms with Crippen LogP contribution in [0.2, 0.25) is 0 Å². The van der Waals surface area contributed by atoms with Crippen LogP contribution >= 0.6 is 11.3 Å². The molecule has 12 heteroatoms. The summed E-state index contributed by atoms with van der Waals surface area (Å²) >= 11 is 1.32. The van der Waals surface area contributed by atoms with Crippen molar-refractivity contribution >= 4 is 17.2 Å². The van der Waals surface area contributed by atoms with Crippen molar-refractivity contribution in [2.45, 2.75) is 32.2 Å². The molecule has 0 saturated heterocycles. The van der Waals surface area contributed by atoms with E-state index in [1.54, 1.807) is 25.7 Å². The molecular formula is C31H30F3N3O5S. The van der Waals surface area contributed by atoms with Crippen LogP contribution in [0.15, 0.2) is 66.0 Å². The van der Waals surface area contributed by atoms with E-state index in [0.29, 0.717) is 59.6 Å². The molecule has 1 aliphatic rings. The van der Waals surface area contributed by atoms with Gasteiger partial charge in [-0.3, -0.25) is 9.69 Å². The Bertz CT molecular complexity index is 1580. The fourth-order valence-corrected chi connectivity index (χ4v) is 5.51. The van der Waals surface area contributed by atoms with Crippen LogP contribution in [0, 0.1) is 0 Å². The second-order valence-electron chi connectivity index (χ2n) is 9.85. The van der Waals surface area contributed by atoms with Crippen LogP contribution in [-0.4, -0.2) is 43.3 Å². The van der Waals surface area contributed by atoms with Gasteiger partial charge in [-0.2, -0.15) is 13.2 Å². The highest BCUT2D eigenvalue weighted by atomic mass is 32.1. The predicted molar refractivity (Wildman–Crippen MR) is 155 cm³/mol. The molecule has 0 bridgehead atoms. The van der Waals surface area contributed by atoms with E-state index in [-0.39, 0.29) is 24.9 Å². The van der Waals surface area contributed by atoms with Crippen molar-refractivity contribution in [2.75, 3.05) is 27.6 Å². The number of hydrogen-bond donors (Lipinski definition) is 1. The molecule has 226 valence electrons. The molecule has 0 fully saturated rings. The molecule has 4 aromatic rings. The summed E-state index contributed by atoms with van der Waals surface area (Å²) in [6, 6.07) is 16.5. The number of thiazole rings is 1. The molecule has 3 aromatic carbocycles. The molecule has 0 spiro atoms. The third kappa shape index (κ3) is 7.76. The normalized spacial score (nSPS) is 12.4. The molecule has 0 atom stereocenters. The number of hydrogen-bond acceptors (Lipinski definition) is 8. The molecular weight excluding hydrogens is 583 g/mol. The number of fused-ring (bicyclic) bond motifs is 1. The third-order valence-electron chi connectivity index (χ3n) is 6.79. The van der Waals surface area contributed by atoms with Gasteiger partial charge in [-0.25, -0.2) is 4.98 Å². The van der Waals surface area contributed by atoms with E-state index in [9.17, 15) is 18.0 Å². The van der Waals surface area contributed by atoms with E-state index in [4.69, 9.17) is 18.9 Å². The van der Waals surface area contributed by atoms with Gasteiger partial charge < -0.3 is 24.3 Å². The van der Waals surface area contributed by atoms with Crippen LogP contribution in [0.25, 0.3) is 0 Å². The number of carbonyl (C=O) groups excluding carboxylic acids is 1. The van der Waals surface area contributed by atoms with Crippen molar-refractivity contribution in [1.29, 1.82) is 0 Å². The maximum atomic E-state index is 13.4. The molecule has 43 heavy (non-hydrogen) atoms. The number of rotatable bonds is 12. The Labute approximate surface area is 251 Å². The van der Waals surface area contributed by atoms with Crippen LogP contribution < -0.4 is 24.3 Å². The molecule has 0 unspecified atom stereocenters. The smallest absolute Gasteiger partial charge is 0.416 e. The summed E-state index contributed by atoms with van der Waals surface area (Å²) in [7, 11) is 3.14. The number of benzene rings is 3. The zero-order valence-corrected chi connectivity index (χ0v) is 24.4. The number of carbonyl (C=O) groups is 1. The number of ether oxygens (including phenoxy) is 4. The monoisotopic (exact) mass is 613 g/mol. The van der Waals surface area contributed by atoms with Gasteiger partial charge in [0.1, 0.15) is 10.7 Å². The highest BCUT2D eigenvalue weighted by molar-refractivity contribution is 7.09. The largest absolute Gasteiger partial charge is 0.493 e. The van der Waals surface area contributed by atoms with Crippen molar-refractivity contribution in [3.05, 3.63) is 99.0 Å². The third-order valence-corrected chi connectivity index (χ3v) is 7.63.